The zero-order chi connectivity index (χ0) is 23.2. The lowest BCUT2D eigenvalue weighted by atomic mass is 10.0. The van der Waals surface area contributed by atoms with Crippen molar-refractivity contribution < 1.29 is 22.3 Å². The van der Waals surface area contributed by atoms with Crippen molar-refractivity contribution in [2.75, 3.05) is 0 Å². The Morgan fingerprint density at radius 2 is 1.72 bits per heavy atom. The third-order valence-corrected chi connectivity index (χ3v) is 6.44. The minimum Gasteiger partial charge on any atom is -0.406 e. The van der Waals surface area contributed by atoms with E-state index in [1.807, 2.05) is 6.92 Å². The Bertz CT molecular complexity index is 1280. The topological polar surface area (TPSA) is 39.9 Å². The second-order valence-corrected chi connectivity index (χ2v) is 8.79. The Labute approximate surface area is 194 Å². The monoisotopic (exact) mass is 501 g/mol. The van der Waals surface area contributed by atoms with E-state index < -0.39 is 12.2 Å². The maximum atomic E-state index is 14.3. The summed E-state index contributed by atoms with van der Waals surface area (Å²) in [5.41, 5.74) is 2.12. The molecule has 0 atom stereocenters. The quantitative estimate of drug-likeness (QED) is 0.271. The molecule has 4 aromatic rings. The van der Waals surface area contributed by atoms with Gasteiger partial charge < -0.3 is 4.74 Å². The summed E-state index contributed by atoms with van der Waals surface area (Å²) >= 11 is 13.9. The summed E-state index contributed by atoms with van der Waals surface area (Å²) in [6.07, 6.45) is -4.77. The van der Waals surface area contributed by atoms with Crippen LogP contribution in [0.25, 0.3) is 33.2 Å². The van der Waals surface area contributed by atoms with Gasteiger partial charge >= 0.3 is 6.36 Å². The van der Waals surface area contributed by atoms with Gasteiger partial charge in [0, 0.05) is 12.6 Å². The SMILES string of the molecule is Cc1c(-c2nc(-c3c(F)cccc3Cl)nn2C)sc(Cl)c1-c1ccc(OC(F)(F)F)cc1. The van der Waals surface area contributed by atoms with Crippen molar-refractivity contribution in [2.24, 2.45) is 7.05 Å². The van der Waals surface area contributed by atoms with Crippen LogP contribution in [0.15, 0.2) is 42.5 Å². The first kappa shape index (κ1) is 22.6. The van der Waals surface area contributed by atoms with E-state index in [1.54, 1.807) is 13.1 Å². The van der Waals surface area contributed by atoms with E-state index in [9.17, 15) is 17.6 Å². The number of hydrogen-bond donors (Lipinski definition) is 0. The first-order valence-electron chi connectivity index (χ1n) is 9.06. The average molecular weight is 502 g/mol. The third kappa shape index (κ3) is 4.32. The van der Waals surface area contributed by atoms with Crippen molar-refractivity contribution in [1.82, 2.24) is 14.8 Å². The molecule has 11 heteroatoms. The summed E-state index contributed by atoms with van der Waals surface area (Å²) in [4.78, 5) is 5.16. The van der Waals surface area contributed by atoms with Gasteiger partial charge in [-0.15, -0.1) is 24.5 Å². The number of hydrogen-bond acceptors (Lipinski definition) is 4. The molecule has 0 unspecified atom stereocenters. The molecule has 2 aromatic carbocycles. The highest BCUT2D eigenvalue weighted by molar-refractivity contribution is 7.20. The summed E-state index contributed by atoms with van der Waals surface area (Å²) < 4.78 is 57.4. The molecule has 0 aliphatic carbocycles. The number of ether oxygens (including phenoxy) is 1. The maximum absolute atomic E-state index is 14.3. The smallest absolute Gasteiger partial charge is 0.406 e. The molecule has 0 radical (unpaired) electrons. The number of aromatic nitrogens is 3. The third-order valence-electron chi connectivity index (χ3n) is 4.63. The second-order valence-electron chi connectivity index (χ2n) is 6.76. The van der Waals surface area contributed by atoms with Gasteiger partial charge in [-0.3, -0.25) is 0 Å². The normalized spacial score (nSPS) is 11.8. The molecule has 32 heavy (non-hydrogen) atoms. The first-order valence-corrected chi connectivity index (χ1v) is 10.6. The van der Waals surface area contributed by atoms with Gasteiger partial charge in [0.15, 0.2) is 11.6 Å². The molecule has 0 amide bonds. The molecule has 0 fully saturated rings. The lowest BCUT2D eigenvalue weighted by Crippen LogP contribution is -2.16. The van der Waals surface area contributed by atoms with Crippen LogP contribution in [0.2, 0.25) is 9.36 Å². The number of aryl methyl sites for hydroxylation is 1. The Kier molecular flexibility index (Phi) is 5.91. The van der Waals surface area contributed by atoms with Crippen molar-refractivity contribution in [2.45, 2.75) is 13.3 Å². The summed E-state index contributed by atoms with van der Waals surface area (Å²) in [6, 6.07) is 9.74. The highest BCUT2D eigenvalue weighted by Gasteiger charge is 2.31. The average Bonchev–Trinajstić information content (AvgIpc) is 3.20. The highest BCUT2D eigenvalue weighted by atomic mass is 35.5. The lowest BCUT2D eigenvalue weighted by Gasteiger charge is -2.09. The number of alkyl halides is 3. The van der Waals surface area contributed by atoms with Crippen LogP contribution in [0.3, 0.4) is 0 Å². The van der Waals surface area contributed by atoms with Gasteiger partial charge in [0.05, 0.1) is 15.5 Å². The Balaban J connectivity index is 1.74. The van der Waals surface area contributed by atoms with Crippen molar-refractivity contribution >= 4 is 34.5 Å². The van der Waals surface area contributed by atoms with Crippen molar-refractivity contribution in [3.05, 3.63) is 63.2 Å². The molecule has 0 aliphatic heterocycles. The standard InChI is InChI=1S/C21H13Cl2F4N3OS/c1-10-15(11-6-8-12(9-7-11)31-21(25,26)27)18(23)32-17(10)20-28-19(29-30(20)2)16-13(22)4-3-5-14(16)24/h3-9H,1-2H3. The molecule has 166 valence electrons. The van der Waals surface area contributed by atoms with E-state index in [1.165, 1.54) is 52.4 Å². The molecular formula is C21H13Cl2F4N3OS. The number of rotatable bonds is 4. The molecule has 4 rings (SSSR count). The van der Waals surface area contributed by atoms with Crippen LogP contribution in [-0.2, 0) is 7.05 Å². The Morgan fingerprint density at radius 3 is 2.34 bits per heavy atom. The van der Waals surface area contributed by atoms with Crippen molar-refractivity contribution in [3.63, 3.8) is 0 Å². The maximum Gasteiger partial charge on any atom is 0.573 e. The fourth-order valence-electron chi connectivity index (χ4n) is 3.24. The van der Waals surface area contributed by atoms with E-state index >= 15 is 0 Å². The van der Waals surface area contributed by atoms with Crippen LogP contribution >= 0.6 is 34.5 Å². The predicted octanol–water partition coefficient (Wildman–Crippen LogP) is 7.53. The summed E-state index contributed by atoms with van der Waals surface area (Å²) in [5.74, 6) is -0.292. The molecule has 0 spiro atoms. The van der Waals surface area contributed by atoms with Gasteiger partial charge in [0.1, 0.15) is 15.9 Å². The number of benzene rings is 2. The summed E-state index contributed by atoms with van der Waals surface area (Å²) in [5, 5.41) is 4.48. The minimum absolute atomic E-state index is 0.0943. The first-order chi connectivity index (χ1) is 15.0. The van der Waals surface area contributed by atoms with Crippen LogP contribution in [0.5, 0.6) is 5.75 Å². The van der Waals surface area contributed by atoms with E-state index in [0.717, 1.165) is 5.56 Å². The zero-order valence-electron chi connectivity index (χ0n) is 16.5. The van der Waals surface area contributed by atoms with Crippen LogP contribution < -0.4 is 4.74 Å². The molecule has 4 nitrogen and oxygen atoms in total. The molecule has 0 saturated carbocycles. The van der Waals surface area contributed by atoms with Gasteiger partial charge in [-0.1, -0.05) is 41.4 Å². The van der Waals surface area contributed by atoms with Crippen molar-refractivity contribution in [3.8, 4) is 39.0 Å². The summed E-state index contributed by atoms with van der Waals surface area (Å²) in [7, 11) is 1.66. The second kappa shape index (κ2) is 8.38. The highest BCUT2D eigenvalue weighted by Crippen LogP contribution is 2.45. The summed E-state index contributed by atoms with van der Waals surface area (Å²) in [6.45, 7) is 1.82. The van der Waals surface area contributed by atoms with Crippen LogP contribution in [-0.4, -0.2) is 21.1 Å². The number of thiophene rings is 1. The molecule has 0 aliphatic rings. The van der Waals surface area contributed by atoms with Gasteiger partial charge in [0.2, 0.25) is 0 Å². The molecule has 0 bridgehead atoms. The molecule has 2 heterocycles. The fraction of sp³-hybridized carbons (Fsp3) is 0.143. The number of halogens is 6. The Morgan fingerprint density at radius 1 is 1.03 bits per heavy atom. The van der Waals surface area contributed by atoms with Gasteiger partial charge in [0.25, 0.3) is 0 Å². The lowest BCUT2D eigenvalue weighted by molar-refractivity contribution is -0.274. The number of nitrogens with zero attached hydrogens (tertiary/aromatic N) is 3. The van der Waals surface area contributed by atoms with Crippen LogP contribution in [0, 0.1) is 12.7 Å². The van der Waals surface area contributed by atoms with Crippen LogP contribution in [0.4, 0.5) is 17.6 Å². The molecule has 0 saturated heterocycles. The van der Waals surface area contributed by atoms with Gasteiger partial charge in [-0.05, 0) is 42.3 Å². The van der Waals surface area contributed by atoms with E-state index in [2.05, 4.69) is 14.8 Å². The van der Waals surface area contributed by atoms with Crippen LogP contribution in [0.1, 0.15) is 5.56 Å². The zero-order valence-corrected chi connectivity index (χ0v) is 18.8. The van der Waals surface area contributed by atoms with E-state index in [0.29, 0.717) is 26.2 Å². The minimum atomic E-state index is -4.77. The van der Waals surface area contributed by atoms with Gasteiger partial charge in [-0.25, -0.2) is 14.1 Å². The largest absolute Gasteiger partial charge is 0.573 e. The van der Waals surface area contributed by atoms with E-state index in [-0.39, 0.29) is 22.2 Å². The van der Waals surface area contributed by atoms with Crippen molar-refractivity contribution in [1.29, 1.82) is 0 Å². The predicted molar refractivity (Wildman–Crippen MR) is 117 cm³/mol. The fourth-order valence-corrected chi connectivity index (χ4v) is 5.05. The molecular weight excluding hydrogens is 489 g/mol. The molecule has 2 aromatic heterocycles. The van der Waals surface area contributed by atoms with Gasteiger partial charge in [-0.2, -0.15) is 5.10 Å². The Hall–Kier alpha value is -2.62. The van der Waals surface area contributed by atoms with E-state index in [4.69, 9.17) is 23.2 Å². The molecule has 0 N–H and O–H groups in total.